The number of rotatable bonds is 6. The lowest BCUT2D eigenvalue weighted by atomic mass is 10.1. The van der Waals surface area contributed by atoms with E-state index in [-0.39, 0.29) is 18.1 Å². The van der Waals surface area contributed by atoms with Crippen LogP contribution in [0, 0.1) is 0 Å². The summed E-state index contributed by atoms with van der Waals surface area (Å²) >= 11 is 0. The van der Waals surface area contributed by atoms with E-state index in [9.17, 15) is 15.0 Å². The second kappa shape index (κ2) is 7.09. The minimum absolute atomic E-state index is 0.0160. The Morgan fingerprint density at radius 1 is 1.32 bits per heavy atom. The molecule has 1 aromatic heterocycles. The highest BCUT2D eigenvalue weighted by Crippen LogP contribution is 2.30. The first-order chi connectivity index (χ1) is 12.1. The lowest BCUT2D eigenvalue weighted by Crippen LogP contribution is -2.22. The number of aromatic nitrogens is 1. The van der Waals surface area contributed by atoms with E-state index in [2.05, 4.69) is 4.98 Å². The Kier molecular flexibility index (Phi) is 4.70. The molecule has 6 heteroatoms. The summed E-state index contributed by atoms with van der Waals surface area (Å²) in [4.78, 5) is 15.5. The first kappa shape index (κ1) is 16.6. The van der Waals surface area contributed by atoms with Gasteiger partial charge in [0.05, 0.1) is 6.61 Å². The number of carbonyl (C=O) groups is 1. The average molecular weight is 338 g/mol. The van der Waals surface area contributed by atoms with Crippen LogP contribution in [0.15, 0.2) is 46.9 Å². The topological polar surface area (TPSA) is 95.6 Å². The number of carboxylic acid groups (broad SMARTS) is 1. The molecule has 3 rings (SSSR count). The van der Waals surface area contributed by atoms with Gasteiger partial charge in [0.25, 0.3) is 0 Å². The predicted molar refractivity (Wildman–Crippen MR) is 90.8 cm³/mol. The average Bonchev–Trinajstić information content (AvgIpc) is 3.01. The molecule has 0 aliphatic carbocycles. The minimum Gasteiger partial charge on any atom is -0.550 e. The van der Waals surface area contributed by atoms with E-state index in [1.54, 1.807) is 30.3 Å². The third-order valence-electron chi connectivity index (χ3n) is 3.53. The highest BCUT2D eigenvalue weighted by molar-refractivity contribution is 5.90. The second-order valence-electron chi connectivity index (χ2n) is 5.37. The van der Waals surface area contributed by atoms with Crippen molar-refractivity contribution in [2.45, 2.75) is 13.3 Å². The van der Waals surface area contributed by atoms with Gasteiger partial charge in [-0.05, 0) is 42.8 Å². The van der Waals surface area contributed by atoms with Gasteiger partial charge in [-0.1, -0.05) is 18.2 Å². The molecule has 1 heterocycles. The molecule has 1 N–H and O–H groups in total. The van der Waals surface area contributed by atoms with E-state index in [0.717, 1.165) is 0 Å². The summed E-state index contributed by atoms with van der Waals surface area (Å²) < 4.78 is 11.0. The molecule has 0 radical (unpaired) electrons. The Morgan fingerprint density at radius 3 is 2.84 bits per heavy atom. The molecule has 0 fully saturated rings. The number of aliphatic carboxylic acids is 1. The Bertz CT molecular complexity index is 909. The number of hydrogen-bond acceptors (Lipinski definition) is 6. The van der Waals surface area contributed by atoms with Crippen LogP contribution in [-0.2, 0) is 4.79 Å². The van der Waals surface area contributed by atoms with Crippen molar-refractivity contribution in [1.29, 1.82) is 0 Å². The van der Waals surface area contributed by atoms with E-state index in [1.807, 2.05) is 19.1 Å². The number of phenols is 1. The fourth-order valence-corrected chi connectivity index (χ4v) is 2.45. The lowest BCUT2D eigenvalue weighted by Gasteiger charge is -2.08. The van der Waals surface area contributed by atoms with Crippen molar-refractivity contribution in [2.24, 2.45) is 0 Å². The molecule has 0 saturated heterocycles. The van der Waals surface area contributed by atoms with Crippen LogP contribution < -0.4 is 9.84 Å². The van der Waals surface area contributed by atoms with Crippen molar-refractivity contribution in [2.75, 3.05) is 6.61 Å². The largest absolute Gasteiger partial charge is 0.550 e. The predicted octanol–water partition coefficient (Wildman–Crippen LogP) is 2.61. The standard InChI is InChI=1S/C19H17NO5/c1-2-24-17-10-12(7-8-15(17)21)9-13(11-18(22)23)19-20-14-5-3-4-6-16(14)25-19/h3-10,21H,2,11H2,1H3,(H,22,23)/p-1/b13-9+. The Labute approximate surface area is 144 Å². The quantitative estimate of drug-likeness (QED) is 0.742. The lowest BCUT2D eigenvalue weighted by molar-refractivity contribution is -0.304. The molecule has 3 aromatic rings. The number of oxazole rings is 1. The second-order valence-corrected chi connectivity index (χ2v) is 5.37. The normalized spacial score (nSPS) is 11.6. The minimum atomic E-state index is -1.24. The van der Waals surface area contributed by atoms with E-state index < -0.39 is 5.97 Å². The van der Waals surface area contributed by atoms with Crippen LogP contribution in [0.3, 0.4) is 0 Å². The van der Waals surface area contributed by atoms with Crippen molar-refractivity contribution in [3.05, 3.63) is 53.9 Å². The molecule has 0 aliphatic heterocycles. The number of benzene rings is 2. The maximum atomic E-state index is 11.1. The van der Waals surface area contributed by atoms with Crippen LogP contribution >= 0.6 is 0 Å². The Hall–Kier alpha value is -3.28. The van der Waals surface area contributed by atoms with Gasteiger partial charge in [-0.15, -0.1) is 0 Å². The number of fused-ring (bicyclic) bond motifs is 1. The monoisotopic (exact) mass is 338 g/mol. The zero-order valence-electron chi connectivity index (χ0n) is 13.6. The molecule has 0 amide bonds. The van der Waals surface area contributed by atoms with Gasteiger partial charge in [-0.25, -0.2) is 4.98 Å². The third kappa shape index (κ3) is 3.80. The summed E-state index contributed by atoms with van der Waals surface area (Å²) in [6, 6.07) is 11.9. The Morgan fingerprint density at radius 2 is 2.12 bits per heavy atom. The van der Waals surface area contributed by atoms with E-state index in [1.165, 1.54) is 6.07 Å². The summed E-state index contributed by atoms with van der Waals surface area (Å²) in [5.74, 6) is -0.683. The molecule has 0 spiro atoms. The number of ether oxygens (including phenoxy) is 1. The highest BCUT2D eigenvalue weighted by atomic mass is 16.5. The molecule has 2 aromatic carbocycles. The smallest absolute Gasteiger partial charge is 0.223 e. The van der Waals surface area contributed by atoms with Crippen LogP contribution in [0.4, 0.5) is 0 Å². The summed E-state index contributed by atoms with van der Waals surface area (Å²) in [5.41, 5.74) is 2.23. The number of nitrogens with zero attached hydrogens (tertiary/aromatic N) is 1. The maximum Gasteiger partial charge on any atom is 0.223 e. The van der Waals surface area contributed by atoms with Crippen LogP contribution in [0.2, 0.25) is 0 Å². The summed E-state index contributed by atoms with van der Waals surface area (Å²) in [5, 5.41) is 20.9. The van der Waals surface area contributed by atoms with Crippen LogP contribution in [0.25, 0.3) is 22.7 Å². The zero-order chi connectivity index (χ0) is 17.8. The van der Waals surface area contributed by atoms with Gasteiger partial charge in [-0.2, -0.15) is 0 Å². The van der Waals surface area contributed by atoms with E-state index in [4.69, 9.17) is 9.15 Å². The van der Waals surface area contributed by atoms with E-state index >= 15 is 0 Å². The molecule has 25 heavy (non-hydrogen) atoms. The van der Waals surface area contributed by atoms with Gasteiger partial charge in [0.15, 0.2) is 17.1 Å². The van der Waals surface area contributed by atoms with E-state index in [0.29, 0.717) is 34.6 Å². The molecule has 0 bridgehead atoms. The van der Waals surface area contributed by atoms with Gasteiger partial charge >= 0.3 is 0 Å². The number of carboxylic acids is 1. The third-order valence-corrected chi connectivity index (χ3v) is 3.53. The number of phenolic OH excluding ortho intramolecular Hbond substituents is 1. The maximum absolute atomic E-state index is 11.1. The first-order valence-corrected chi connectivity index (χ1v) is 7.79. The molecule has 128 valence electrons. The van der Waals surface area contributed by atoms with Crippen molar-refractivity contribution in [3.63, 3.8) is 0 Å². The first-order valence-electron chi connectivity index (χ1n) is 7.79. The van der Waals surface area contributed by atoms with Gasteiger partial charge in [0.1, 0.15) is 5.52 Å². The molecule has 6 nitrogen and oxygen atoms in total. The van der Waals surface area contributed by atoms with Crippen molar-refractivity contribution in [3.8, 4) is 11.5 Å². The number of hydrogen-bond donors (Lipinski definition) is 1. The molecule has 0 atom stereocenters. The molecular weight excluding hydrogens is 322 g/mol. The SMILES string of the molecule is CCOc1cc(/C=C(\CC(=O)[O-])c2nc3ccccc3o2)ccc1O. The van der Waals surface area contributed by atoms with Crippen molar-refractivity contribution >= 4 is 28.7 Å². The van der Waals surface area contributed by atoms with Crippen molar-refractivity contribution < 1.29 is 24.2 Å². The number of carbonyl (C=O) groups excluding carboxylic acids is 1. The number of para-hydroxylation sites is 2. The number of aromatic hydroxyl groups is 1. The fraction of sp³-hybridized carbons (Fsp3) is 0.158. The molecule has 0 saturated carbocycles. The van der Waals surface area contributed by atoms with Gasteiger partial charge in [0, 0.05) is 18.0 Å². The molecule has 0 aliphatic rings. The van der Waals surface area contributed by atoms with Crippen LogP contribution in [0.5, 0.6) is 11.5 Å². The van der Waals surface area contributed by atoms with Gasteiger partial charge in [0.2, 0.25) is 5.89 Å². The summed E-state index contributed by atoms with van der Waals surface area (Å²) in [6.45, 7) is 2.21. The zero-order valence-corrected chi connectivity index (χ0v) is 13.6. The van der Waals surface area contributed by atoms with Crippen LogP contribution in [-0.4, -0.2) is 22.7 Å². The summed E-state index contributed by atoms with van der Waals surface area (Å²) in [7, 11) is 0. The van der Waals surface area contributed by atoms with Gasteiger partial charge < -0.3 is 24.2 Å². The summed E-state index contributed by atoms with van der Waals surface area (Å²) in [6.07, 6.45) is 1.28. The molecular formula is C19H16NO5-. The fourth-order valence-electron chi connectivity index (χ4n) is 2.45. The Balaban J connectivity index is 2.04. The highest BCUT2D eigenvalue weighted by Gasteiger charge is 2.12. The van der Waals surface area contributed by atoms with Crippen molar-refractivity contribution in [1.82, 2.24) is 4.98 Å². The molecule has 0 unspecified atom stereocenters. The van der Waals surface area contributed by atoms with Gasteiger partial charge in [-0.3, -0.25) is 0 Å². The van der Waals surface area contributed by atoms with Crippen LogP contribution in [0.1, 0.15) is 24.8 Å².